The summed E-state index contributed by atoms with van der Waals surface area (Å²) in [5.74, 6) is 0.680. The van der Waals surface area contributed by atoms with Crippen LogP contribution >= 0.6 is 0 Å². The Hall–Kier alpha value is -2.25. The molecule has 4 atom stereocenters. The molecular weight excluding hydrogens is 332 g/mol. The Morgan fingerprint density at radius 2 is 2.19 bits per heavy atom. The lowest BCUT2D eigenvalue weighted by atomic mass is 9.92. The standard InChI is InChI=1S/C20H24N2O4/c1-3-6-16-15(4-2)21-20(22-16)13-8-5-7-12(9-13)19-18(25)17(24)10-14(11-23)26-19/h3-9,14,17-19,23-25H,2,10-11H2,1H3,(H,21,22)/b6-3-/t14?,17?,18?,19-/m1/s1. The first kappa shape index (κ1) is 18.5. The molecule has 1 aromatic heterocycles. The second-order valence-corrected chi connectivity index (χ2v) is 6.37. The second kappa shape index (κ2) is 7.97. The normalized spacial score (nSPS) is 26.3. The molecule has 3 unspecified atom stereocenters. The van der Waals surface area contributed by atoms with Gasteiger partial charge >= 0.3 is 0 Å². The summed E-state index contributed by atoms with van der Waals surface area (Å²) in [5.41, 5.74) is 3.18. The van der Waals surface area contributed by atoms with Crippen molar-refractivity contribution in [1.82, 2.24) is 9.97 Å². The number of H-pyrrole nitrogens is 1. The smallest absolute Gasteiger partial charge is 0.138 e. The van der Waals surface area contributed by atoms with E-state index in [9.17, 15) is 15.3 Å². The van der Waals surface area contributed by atoms with Gasteiger partial charge < -0.3 is 25.0 Å². The molecule has 138 valence electrons. The summed E-state index contributed by atoms with van der Waals surface area (Å²) in [6.07, 6.45) is 2.55. The minimum Gasteiger partial charge on any atom is -0.394 e. The zero-order valence-electron chi connectivity index (χ0n) is 14.7. The Morgan fingerprint density at radius 3 is 2.88 bits per heavy atom. The van der Waals surface area contributed by atoms with Gasteiger partial charge in [0.15, 0.2) is 0 Å². The molecule has 4 N–H and O–H groups in total. The molecule has 0 saturated carbocycles. The van der Waals surface area contributed by atoms with Gasteiger partial charge in [0.2, 0.25) is 0 Å². The topological polar surface area (TPSA) is 98.6 Å². The predicted octanol–water partition coefficient (Wildman–Crippen LogP) is 2.30. The van der Waals surface area contributed by atoms with Crippen molar-refractivity contribution in [2.45, 2.75) is 37.8 Å². The molecule has 1 saturated heterocycles. The highest BCUT2D eigenvalue weighted by Crippen LogP contribution is 2.33. The number of aliphatic hydroxyl groups excluding tert-OH is 3. The Balaban J connectivity index is 1.94. The number of aliphatic hydroxyl groups is 3. The Kier molecular flexibility index (Phi) is 5.68. The third-order valence-electron chi connectivity index (χ3n) is 4.53. The highest BCUT2D eigenvalue weighted by Gasteiger charge is 2.37. The molecule has 0 aliphatic carbocycles. The summed E-state index contributed by atoms with van der Waals surface area (Å²) in [6.45, 7) is 5.52. The molecule has 6 heteroatoms. The first-order chi connectivity index (χ1) is 12.6. The van der Waals surface area contributed by atoms with Crippen LogP contribution in [0.4, 0.5) is 0 Å². The third kappa shape index (κ3) is 3.64. The number of benzene rings is 1. The number of nitrogens with zero attached hydrogens (tertiary/aromatic N) is 1. The number of nitrogens with one attached hydrogen (secondary N) is 1. The van der Waals surface area contributed by atoms with Crippen LogP contribution in [0, 0.1) is 0 Å². The van der Waals surface area contributed by atoms with E-state index in [1.807, 2.05) is 43.3 Å². The van der Waals surface area contributed by atoms with E-state index < -0.39 is 24.4 Å². The van der Waals surface area contributed by atoms with Gasteiger partial charge in [-0.15, -0.1) is 0 Å². The van der Waals surface area contributed by atoms with E-state index in [-0.39, 0.29) is 13.0 Å². The number of ether oxygens (including phenoxy) is 1. The van der Waals surface area contributed by atoms with Crippen LogP contribution in [0.5, 0.6) is 0 Å². The van der Waals surface area contributed by atoms with Gasteiger partial charge in [-0.05, 0) is 30.7 Å². The summed E-state index contributed by atoms with van der Waals surface area (Å²) in [5, 5.41) is 29.7. The molecule has 2 aromatic rings. The molecule has 0 amide bonds. The van der Waals surface area contributed by atoms with Crippen molar-refractivity contribution in [1.29, 1.82) is 0 Å². The maximum absolute atomic E-state index is 10.3. The zero-order chi connectivity index (χ0) is 18.7. The van der Waals surface area contributed by atoms with Crippen molar-refractivity contribution < 1.29 is 20.1 Å². The van der Waals surface area contributed by atoms with Crippen LogP contribution in [0.15, 0.2) is 36.9 Å². The minimum absolute atomic E-state index is 0.201. The largest absolute Gasteiger partial charge is 0.394 e. The monoisotopic (exact) mass is 356 g/mol. The van der Waals surface area contributed by atoms with Gasteiger partial charge in [-0.1, -0.05) is 30.9 Å². The fourth-order valence-electron chi connectivity index (χ4n) is 3.20. The SMILES string of the molecule is C=Cc1nc(-c2cccc([C@H]3OC(CO)CC(O)C3O)c2)[nH]c1/C=C\C. The van der Waals surface area contributed by atoms with Gasteiger partial charge in [0.05, 0.1) is 30.2 Å². The van der Waals surface area contributed by atoms with Crippen LogP contribution in [0.3, 0.4) is 0 Å². The van der Waals surface area contributed by atoms with Gasteiger partial charge in [-0.25, -0.2) is 4.98 Å². The third-order valence-corrected chi connectivity index (χ3v) is 4.53. The van der Waals surface area contributed by atoms with Crippen molar-refractivity contribution in [2.75, 3.05) is 6.61 Å². The molecule has 2 heterocycles. The van der Waals surface area contributed by atoms with E-state index in [0.717, 1.165) is 22.5 Å². The van der Waals surface area contributed by atoms with Crippen LogP contribution in [0.2, 0.25) is 0 Å². The van der Waals surface area contributed by atoms with Gasteiger partial charge in [0, 0.05) is 12.0 Å². The minimum atomic E-state index is -1.05. The highest BCUT2D eigenvalue weighted by molar-refractivity contribution is 5.66. The predicted molar refractivity (Wildman–Crippen MR) is 100 cm³/mol. The zero-order valence-corrected chi connectivity index (χ0v) is 14.7. The number of hydrogen-bond donors (Lipinski definition) is 4. The van der Waals surface area contributed by atoms with E-state index >= 15 is 0 Å². The lowest BCUT2D eigenvalue weighted by Crippen LogP contribution is -2.44. The fourth-order valence-corrected chi connectivity index (χ4v) is 3.20. The van der Waals surface area contributed by atoms with Gasteiger partial charge in [-0.3, -0.25) is 0 Å². The maximum atomic E-state index is 10.3. The van der Waals surface area contributed by atoms with Gasteiger partial charge in [0.25, 0.3) is 0 Å². The number of hydrogen-bond acceptors (Lipinski definition) is 5. The van der Waals surface area contributed by atoms with E-state index in [4.69, 9.17) is 4.74 Å². The molecule has 0 bridgehead atoms. The Bertz CT molecular complexity index is 799. The number of imidazole rings is 1. The lowest BCUT2D eigenvalue weighted by molar-refractivity contribution is -0.179. The van der Waals surface area contributed by atoms with Crippen LogP contribution in [0.25, 0.3) is 23.5 Å². The summed E-state index contributed by atoms with van der Waals surface area (Å²) < 4.78 is 5.77. The molecule has 1 fully saturated rings. The lowest BCUT2D eigenvalue weighted by Gasteiger charge is -2.36. The van der Waals surface area contributed by atoms with Crippen molar-refractivity contribution in [2.24, 2.45) is 0 Å². The molecule has 1 aliphatic heterocycles. The van der Waals surface area contributed by atoms with Crippen molar-refractivity contribution in [3.8, 4) is 11.4 Å². The number of allylic oxidation sites excluding steroid dienone is 1. The number of aromatic nitrogens is 2. The van der Waals surface area contributed by atoms with Crippen LogP contribution in [-0.4, -0.2) is 50.2 Å². The second-order valence-electron chi connectivity index (χ2n) is 6.37. The molecule has 1 aromatic carbocycles. The average Bonchev–Trinajstić information content (AvgIpc) is 3.07. The Morgan fingerprint density at radius 1 is 1.38 bits per heavy atom. The molecule has 1 aliphatic rings. The van der Waals surface area contributed by atoms with Gasteiger partial charge in [0.1, 0.15) is 18.0 Å². The number of aromatic amines is 1. The molecule has 0 spiro atoms. The quantitative estimate of drug-likeness (QED) is 0.659. The molecule has 26 heavy (non-hydrogen) atoms. The summed E-state index contributed by atoms with van der Waals surface area (Å²) >= 11 is 0. The van der Waals surface area contributed by atoms with E-state index in [1.165, 1.54) is 0 Å². The van der Waals surface area contributed by atoms with Crippen molar-refractivity contribution >= 4 is 12.2 Å². The van der Waals surface area contributed by atoms with Crippen LogP contribution < -0.4 is 0 Å². The van der Waals surface area contributed by atoms with Crippen molar-refractivity contribution in [3.05, 3.63) is 53.9 Å². The Labute approximate surface area is 152 Å². The first-order valence-electron chi connectivity index (χ1n) is 8.65. The van der Waals surface area contributed by atoms with E-state index in [0.29, 0.717) is 5.82 Å². The summed E-state index contributed by atoms with van der Waals surface area (Å²) in [7, 11) is 0. The van der Waals surface area contributed by atoms with Crippen LogP contribution in [-0.2, 0) is 4.74 Å². The van der Waals surface area contributed by atoms with E-state index in [2.05, 4.69) is 16.5 Å². The average molecular weight is 356 g/mol. The van der Waals surface area contributed by atoms with E-state index in [1.54, 1.807) is 6.08 Å². The molecular formula is C20H24N2O4. The summed E-state index contributed by atoms with van der Waals surface area (Å²) in [6, 6.07) is 7.45. The maximum Gasteiger partial charge on any atom is 0.138 e. The fraction of sp³-hybridized carbons (Fsp3) is 0.350. The highest BCUT2D eigenvalue weighted by atomic mass is 16.5. The summed E-state index contributed by atoms with van der Waals surface area (Å²) in [4.78, 5) is 7.81. The molecule has 3 rings (SSSR count). The van der Waals surface area contributed by atoms with Crippen LogP contribution in [0.1, 0.15) is 36.4 Å². The van der Waals surface area contributed by atoms with Gasteiger partial charge in [-0.2, -0.15) is 0 Å². The molecule has 6 nitrogen and oxygen atoms in total. The first-order valence-corrected chi connectivity index (χ1v) is 8.65. The number of rotatable bonds is 5. The van der Waals surface area contributed by atoms with Crippen molar-refractivity contribution in [3.63, 3.8) is 0 Å². The molecule has 0 radical (unpaired) electrons.